The fourth-order valence-electron chi connectivity index (χ4n) is 3.41. The number of carbonyl (C=O) groups excluding carboxylic acids is 2. The molecule has 0 aromatic carbocycles. The molecule has 1 aromatic heterocycles. The van der Waals surface area contributed by atoms with Crippen molar-refractivity contribution in [3.63, 3.8) is 0 Å². The van der Waals surface area contributed by atoms with Crippen molar-refractivity contribution in [2.24, 2.45) is 0 Å². The standard InChI is InChI=1S/C20H31N3O2/c1-2-18(16-12-14-21-15-13-16)23-20(25)11-10-19(24)22-17-8-6-4-3-5-7-9-17/h12-15,17-18H,2-11H2,1H3,(H,22,24)(H,23,25). The molecule has 1 unspecified atom stereocenters. The summed E-state index contributed by atoms with van der Waals surface area (Å²) in [6.45, 7) is 2.03. The molecule has 0 spiro atoms. The van der Waals surface area contributed by atoms with Crippen molar-refractivity contribution in [1.29, 1.82) is 0 Å². The highest BCUT2D eigenvalue weighted by molar-refractivity contribution is 5.84. The molecular weight excluding hydrogens is 314 g/mol. The van der Waals surface area contributed by atoms with Gasteiger partial charge in [0, 0.05) is 31.3 Å². The quantitative estimate of drug-likeness (QED) is 0.792. The van der Waals surface area contributed by atoms with Gasteiger partial charge >= 0.3 is 0 Å². The van der Waals surface area contributed by atoms with Gasteiger partial charge in [0.05, 0.1) is 6.04 Å². The molecule has 25 heavy (non-hydrogen) atoms. The Hall–Kier alpha value is -1.91. The van der Waals surface area contributed by atoms with Gasteiger partial charge in [0.2, 0.25) is 11.8 Å². The second-order valence-electron chi connectivity index (χ2n) is 6.92. The van der Waals surface area contributed by atoms with Crippen molar-refractivity contribution in [3.8, 4) is 0 Å². The van der Waals surface area contributed by atoms with Crippen molar-refractivity contribution < 1.29 is 9.59 Å². The number of carbonyl (C=O) groups is 2. The van der Waals surface area contributed by atoms with E-state index in [0.29, 0.717) is 0 Å². The first-order chi connectivity index (χ1) is 12.2. The number of nitrogens with zero attached hydrogens (tertiary/aromatic N) is 1. The number of amides is 2. The van der Waals surface area contributed by atoms with Crippen molar-refractivity contribution in [2.45, 2.75) is 83.2 Å². The smallest absolute Gasteiger partial charge is 0.220 e. The average Bonchev–Trinajstić information content (AvgIpc) is 2.61. The molecule has 0 radical (unpaired) electrons. The maximum atomic E-state index is 12.2. The molecule has 0 aliphatic heterocycles. The van der Waals surface area contributed by atoms with Gasteiger partial charge in [-0.1, -0.05) is 39.0 Å². The molecule has 5 heteroatoms. The molecular formula is C20H31N3O2. The third-order valence-corrected chi connectivity index (χ3v) is 4.90. The highest BCUT2D eigenvalue weighted by atomic mass is 16.2. The summed E-state index contributed by atoms with van der Waals surface area (Å²) in [6.07, 6.45) is 13.1. The Labute approximate surface area is 151 Å². The Morgan fingerprint density at radius 2 is 1.64 bits per heavy atom. The minimum atomic E-state index is -0.0727. The van der Waals surface area contributed by atoms with Crippen molar-refractivity contribution in [2.75, 3.05) is 0 Å². The lowest BCUT2D eigenvalue weighted by Gasteiger charge is -2.21. The van der Waals surface area contributed by atoms with Gasteiger partial charge in [-0.15, -0.1) is 0 Å². The van der Waals surface area contributed by atoms with Crippen LogP contribution in [-0.2, 0) is 9.59 Å². The van der Waals surface area contributed by atoms with Crippen molar-refractivity contribution >= 4 is 11.8 Å². The van der Waals surface area contributed by atoms with E-state index in [-0.39, 0.29) is 36.7 Å². The lowest BCUT2D eigenvalue weighted by atomic mass is 9.96. The molecule has 1 aromatic rings. The fraction of sp³-hybridized carbons (Fsp3) is 0.650. The van der Waals surface area contributed by atoms with Crippen LogP contribution in [0.25, 0.3) is 0 Å². The molecule has 0 saturated heterocycles. The zero-order chi connectivity index (χ0) is 17.9. The zero-order valence-electron chi connectivity index (χ0n) is 15.3. The molecule has 1 aliphatic rings. The van der Waals surface area contributed by atoms with Crippen LogP contribution in [0.1, 0.15) is 82.7 Å². The predicted octanol–water partition coefficient (Wildman–Crippen LogP) is 3.66. The Kier molecular flexibility index (Phi) is 8.43. The molecule has 1 aliphatic carbocycles. The van der Waals surface area contributed by atoms with Gasteiger partial charge < -0.3 is 10.6 Å². The zero-order valence-corrected chi connectivity index (χ0v) is 15.3. The van der Waals surface area contributed by atoms with E-state index in [1.54, 1.807) is 12.4 Å². The van der Waals surface area contributed by atoms with E-state index in [1.165, 1.54) is 32.1 Å². The van der Waals surface area contributed by atoms with Gasteiger partial charge in [0.15, 0.2) is 0 Å². The fourth-order valence-corrected chi connectivity index (χ4v) is 3.41. The summed E-state index contributed by atoms with van der Waals surface area (Å²) in [5.41, 5.74) is 1.05. The average molecular weight is 345 g/mol. The van der Waals surface area contributed by atoms with Gasteiger partial charge in [0.1, 0.15) is 0 Å². The van der Waals surface area contributed by atoms with E-state index in [9.17, 15) is 9.59 Å². The molecule has 2 rings (SSSR count). The Morgan fingerprint density at radius 3 is 2.28 bits per heavy atom. The molecule has 0 bridgehead atoms. The first-order valence-electron chi connectivity index (χ1n) is 9.67. The van der Waals surface area contributed by atoms with E-state index in [4.69, 9.17) is 0 Å². The third-order valence-electron chi connectivity index (χ3n) is 4.90. The van der Waals surface area contributed by atoms with Crippen LogP contribution in [0.3, 0.4) is 0 Å². The number of pyridine rings is 1. The Bertz CT molecular complexity index is 525. The number of hydrogen-bond acceptors (Lipinski definition) is 3. The summed E-state index contributed by atoms with van der Waals surface area (Å²) in [5.74, 6) is -0.0749. The normalized spacial score (nSPS) is 17.2. The first kappa shape index (κ1) is 19.4. The molecule has 2 amide bonds. The van der Waals surface area contributed by atoms with Crippen LogP contribution in [0.15, 0.2) is 24.5 Å². The van der Waals surface area contributed by atoms with Crippen LogP contribution in [0, 0.1) is 0 Å². The summed E-state index contributed by atoms with van der Waals surface area (Å²) in [5, 5.41) is 6.13. The van der Waals surface area contributed by atoms with Crippen molar-refractivity contribution in [1.82, 2.24) is 15.6 Å². The van der Waals surface area contributed by atoms with Gasteiger partial charge in [-0.05, 0) is 37.0 Å². The van der Waals surface area contributed by atoms with Gasteiger partial charge in [-0.3, -0.25) is 14.6 Å². The Balaban J connectivity index is 1.72. The van der Waals surface area contributed by atoms with Crippen LogP contribution in [0.2, 0.25) is 0 Å². The third kappa shape index (κ3) is 7.24. The van der Waals surface area contributed by atoms with Gasteiger partial charge in [-0.25, -0.2) is 0 Å². The minimum absolute atomic E-state index is 0.00215. The van der Waals surface area contributed by atoms with Crippen LogP contribution in [0.5, 0.6) is 0 Å². The monoisotopic (exact) mass is 345 g/mol. The molecule has 1 fully saturated rings. The topological polar surface area (TPSA) is 71.1 Å². The second-order valence-corrected chi connectivity index (χ2v) is 6.92. The second kappa shape index (κ2) is 10.9. The van der Waals surface area contributed by atoms with Gasteiger partial charge in [-0.2, -0.15) is 0 Å². The molecule has 1 atom stereocenters. The molecule has 5 nitrogen and oxygen atoms in total. The molecule has 1 heterocycles. The van der Waals surface area contributed by atoms with Gasteiger partial charge in [0.25, 0.3) is 0 Å². The summed E-state index contributed by atoms with van der Waals surface area (Å²) in [4.78, 5) is 28.3. The maximum Gasteiger partial charge on any atom is 0.220 e. The number of hydrogen-bond donors (Lipinski definition) is 2. The number of nitrogens with one attached hydrogen (secondary N) is 2. The van der Waals surface area contributed by atoms with Crippen LogP contribution >= 0.6 is 0 Å². The summed E-state index contributed by atoms with van der Waals surface area (Å²) in [7, 11) is 0. The lowest BCUT2D eigenvalue weighted by molar-refractivity contribution is -0.127. The summed E-state index contributed by atoms with van der Waals surface area (Å²) in [6, 6.07) is 4.09. The van der Waals surface area contributed by atoms with E-state index in [2.05, 4.69) is 15.6 Å². The first-order valence-corrected chi connectivity index (χ1v) is 9.67. The summed E-state index contributed by atoms with van der Waals surface area (Å²) >= 11 is 0. The summed E-state index contributed by atoms with van der Waals surface area (Å²) < 4.78 is 0. The van der Waals surface area contributed by atoms with Crippen LogP contribution in [0.4, 0.5) is 0 Å². The maximum absolute atomic E-state index is 12.2. The SMILES string of the molecule is CCC(NC(=O)CCC(=O)NC1CCCCCCC1)c1ccncc1. The van der Waals surface area contributed by atoms with Crippen LogP contribution in [-0.4, -0.2) is 22.8 Å². The lowest BCUT2D eigenvalue weighted by Crippen LogP contribution is -2.36. The predicted molar refractivity (Wildman–Crippen MR) is 98.9 cm³/mol. The molecule has 1 saturated carbocycles. The molecule has 138 valence electrons. The minimum Gasteiger partial charge on any atom is -0.353 e. The van der Waals surface area contributed by atoms with Crippen molar-refractivity contribution in [3.05, 3.63) is 30.1 Å². The van der Waals surface area contributed by atoms with E-state index in [1.807, 2.05) is 19.1 Å². The van der Waals surface area contributed by atoms with E-state index < -0.39 is 0 Å². The van der Waals surface area contributed by atoms with Crippen LogP contribution < -0.4 is 10.6 Å². The number of rotatable bonds is 7. The van der Waals surface area contributed by atoms with E-state index >= 15 is 0 Å². The van der Waals surface area contributed by atoms with E-state index in [0.717, 1.165) is 24.8 Å². The highest BCUT2D eigenvalue weighted by Crippen LogP contribution is 2.18. The highest BCUT2D eigenvalue weighted by Gasteiger charge is 2.16. The molecule has 2 N–H and O–H groups in total. The largest absolute Gasteiger partial charge is 0.353 e. The number of aromatic nitrogens is 1. The Morgan fingerprint density at radius 1 is 1.04 bits per heavy atom.